The molecule has 0 bridgehead atoms. The third-order valence-electron chi connectivity index (χ3n) is 2.63. The smallest absolute Gasteiger partial charge is 0.246 e. The summed E-state index contributed by atoms with van der Waals surface area (Å²) in [5.74, 6) is 0.0381. The van der Waals surface area contributed by atoms with Crippen molar-refractivity contribution < 1.29 is 4.79 Å². The van der Waals surface area contributed by atoms with E-state index in [2.05, 4.69) is 16.7 Å². The molecule has 2 rings (SSSR count). The Bertz CT molecular complexity index is 399. The molecule has 1 heterocycles. The lowest BCUT2D eigenvalue weighted by Gasteiger charge is -2.10. The lowest BCUT2D eigenvalue weighted by atomic mass is 10.00. The normalized spacial score (nSPS) is 19.4. The SMILES string of the molecule is CNC1C(=O)Nc2cc(C)cc(C)c21. The Labute approximate surface area is 83.5 Å². The highest BCUT2D eigenvalue weighted by atomic mass is 16.2. The van der Waals surface area contributed by atoms with Crippen LogP contribution in [-0.4, -0.2) is 13.0 Å². The minimum atomic E-state index is -0.189. The summed E-state index contributed by atoms with van der Waals surface area (Å²) in [6, 6.07) is 3.92. The van der Waals surface area contributed by atoms with Crippen LogP contribution in [0, 0.1) is 13.8 Å². The quantitative estimate of drug-likeness (QED) is 0.705. The molecule has 0 saturated carbocycles. The molecule has 1 amide bonds. The van der Waals surface area contributed by atoms with Crippen molar-refractivity contribution in [1.29, 1.82) is 0 Å². The largest absolute Gasteiger partial charge is 0.324 e. The van der Waals surface area contributed by atoms with Gasteiger partial charge in [-0.25, -0.2) is 0 Å². The Kier molecular flexibility index (Phi) is 2.04. The number of amides is 1. The first-order valence-corrected chi connectivity index (χ1v) is 4.72. The topological polar surface area (TPSA) is 41.1 Å². The van der Waals surface area contributed by atoms with Crippen molar-refractivity contribution in [3.63, 3.8) is 0 Å². The van der Waals surface area contributed by atoms with Crippen LogP contribution in [0.25, 0.3) is 0 Å². The number of likely N-dealkylation sites (N-methyl/N-ethyl adjacent to an activating group) is 1. The lowest BCUT2D eigenvalue weighted by molar-refractivity contribution is -0.117. The maximum atomic E-state index is 11.6. The highest BCUT2D eigenvalue weighted by Crippen LogP contribution is 2.33. The maximum Gasteiger partial charge on any atom is 0.246 e. The number of carbonyl (C=O) groups excluding carboxylic acids is 1. The zero-order valence-corrected chi connectivity index (χ0v) is 8.64. The van der Waals surface area contributed by atoms with Gasteiger partial charge in [0.05, 0.1) is 0 Å². The van der Waals surface area contributed by atoms with E-state index in [1.807, 2.05) is 19.9 Å². The number of hydrogen-bond acceptors (Lipinski definition) is 2. The van der Waals surface area contributed by atoms with E-state index in [9.17, 15) is 4.79 Å². The molecule has 1 aromatic carbocycles. The summed E-state index contributed by atoms with van der Waals surface area (Å²) >= 11 is 0. The Morgan fingerprint density at radius 3 is 2.71 bits per heavy atom. The fourth-order valence-corrected chi connectivity index (χ4v) is 2.08. The van der Waals surface area contributed by atoms with E-state index in [0.29, 0.717) is 0 Å². The van der Waals surface area contributed by atoms with Crippen LogP contribution in [-0.2, 0) is 4.79 Å². The molecule has 1 atom stereocenters. The number of benzene rings is 1. The molecular weight excluding hydrogens is 176 g/mol. The molecule has 2 N–H and O–H groups in total. The molecular formula is C11H14N2O. The van der Waals surface area contributed by atoms with E-state index in [4.69, 9.17) is 0 Å². The molecule has 1 aliphatic rings. The van der Waals surface area contributed by atoms with Crippen LogP contribution in [0.1, 0.15) is 22.7 Å². The van der Waals surface area contributed by atoms with Gasteiger partial charge >= 0.3 is 0 Å². The van der Waals surface area contributed by atoms with E-state index >= 15 is 0 Å². The summed E-state index contributed by atoms with van der Waals surface area (Å²) in [6.45, 7) is 4.07. The molecule has 3 heteroatoms. The number of fused-ring (bicyclic) bond motifs is 1. The minimum Gasteiger partial charge on any atom is -0.324 e. The number of nitrogens with one attached hydrogen (secondary N) is 2. The van der Waals surface area contributed by atoms with Crippen molar-refractivity contribution in [3.8, 4) is 0 Å². The summed E-state index contributed by atoms with van der Waals surface area (Å²) in [5, 5.41) is 5.90. The predicted molar refractivity (Wildman–Crippen MR) is 56.3 cm³/mol. The van der Waals surface area contributed by atoms with Crippen LogP contribution >= 0.6 is 0 Å². The summed E-state index contributed by atoms with van der Waals surface area (Å²) in [7, 11) is 1.80. The molecule has 0 fully saturated rings. The maximum absolute atomic E-state index is 11.6. The van der Waals surface area contributed by atoms with Gasteiger partial charge in [0.25, 0.3) is 0 Å². The molecule has 0 aromatic heterocycles. The van der Waals surface area contributed by atoms with Crippen molar-refractivity contribution in [1.82, 2.24) is 5.32 Å². The minimum absolute atomic E-state index is 0.0381. The average Bonchev–Trinajstić information content (AvgIpc) is 2.40. The van der Waals surface area contributed by atoms with E-state index in [-0.39, 0.29) is 11.9 Å². The number of rotatable bonds is 1. The average molecular weight is 190 g/mol. The fraction of sp³-hybridized carbons (Fsp3) is 0.364. The van der Waals surface area contributed by atoms with Crippen LogP contribution in [0.5, 0.6) is 0 Å². The number of aryl methyl sites for hydroxylation is 2. The molecule has 74 valence electrons. The fourth-order valence-electron chi connectivity index (χ4n) is 2.08. The van der Waals surface area contributed by atoms with Crippen molar-refractivity contribution in [2.45, 2.75) is 19.9 Å². The molecule has 0 radical (unpaired) electrons. The second-order valence-corrected chi connectivity index (χ2v) is 3.75. The third kappa shape index (κ3) is 1.21. The van der Waals surface area contributed by atoms with Crippen LogP contribution in [0.2, 0.25) is 0 Å². The van der Waals surface area contributed by atoms with Crippen LogP contribution in [0.3, 0.4) is 0 Å². The van der Waals surface area contributed by atoms with Gasteiger partial charge in [-0.05, 0) is 38.1 Å². The lowest BCUT2D eigenvalue weighted by Crippen LogP contribution is -2.24. The van der Waals surface area contributed by atoms with Crippen LogP contribution in [0.4, 0.5) is 5.69 Å². The van der Waals surface area contributed by atoms with Gasteiger partial charge in [0.2, 0.25) is 5.91 Å². The van der Waals surface area contributed by atoms with Gasteiger partial charge in [-0.2, -0.15) is 0 Å². The Morgan fingerprint density at radius 1 is 1.36 bits per heavy atom. The summed E-state index contributed by atoms with van der Waals surface area (Å²) < 4.78 is 0. The Hall–Kier alpha value is -1.35. The molecule has 3 nitrogen and oxygen atoms in total. The molecule has 1 aromatic rings. The molecule has 1 unspecified atom stereocenters. The predicted octanol–water partition coefficient (Wildman–Crippen LogP) is 1.52. The third-order valence-corrected chi connectivity index (χ3v) is 2.63. The zero-order chi connectivity index (χ0) is 10.3. The second-order valence-electron chi connectivity index (χ2n) is 3.75. The van der Waals surface area contributed by atoms with Crippen molar-refractivity contribution in [3.05, 3.63) is 28.8 Å². The van der Waals surface area contributed by atoms with E-state index in [1.165, 1.54) is 5.56 Å². The first-order valence-electron chi connectivity index (χ1n) is 4.72. The second kappa shape index (κ2) is 3.10. The summed E-state index contributed by atoms with van der Waals surface area (Å²) in [4.78, 5) is 11.6. The van der Waals surface area contributed by atoms with E-state index in [1.54, 1.807) is 7.05 Å². The number of carbonyl (C=O) groups is 1. The number of hydrogen-bond donors (Lipinski definition) is 2. The summed E-state index contributed by atoms with van der Waals surface area (Å²) in [5.41, 5.74) is 4.38. The van der Waals surface area contributed by atoms with E-state index in [0.717, 1.165) is 16.8 Å². The highest BCUT2D eigenvalue weighted by Gasteiger charge is 2.30. The first-order chi connectivity index (χ1) is 6.63. The van der Waals surface area contributed by atoms with Gasteiger partial charge in [0.1, 0.15) is 6.04 Å². The molecule has 1 aliphatic heterocycles. The van der Waals surface area contributed by atoms with Crippen molar-refractivity contribution in [2.75, 3.05) is 12.4 Å². The Balaban J connectivity index is 2.58. The first kappa shape index (κ1) is 9.21. The molecule has 0 aliphatic carbocycles. The van der Waals surface area contributed by atoms with Gasteiger partial charge < -0.3 is 10.6 Å². The van der Waals surface area contributed by atoms with Gasteiger partial charge in [-0.1, -0.05) is 6.07 Å². The van der Waals surface area contributed by atoms with Crippen LogP contribution in [0.15, 0.2) is 12.1 Å². The van der Waals surface area contributed by atoms with Gasteiger partial charge in [0.15, 0.2) is 0 Å². The van der Waals surface area contributed by atoms with Gasteiger partial charge in [0, 0.05) is 11.3 Å². The standard InChI is InChI=1S/C11H14N2O/c1-6-4-7(2)9-8(5-6)13-11(14)10(9)12-3/h4-5,10,12H,1-3H3,(H,13,14). The molecule has 0 spiro atoms. The monoisotopic (exact) mass is 190 g/mol. The zero-order valence-electron chi connectivity index (χ0n) is 8.64. The van der Waals surface area contributed by atoms with Crippen LogP contribution < -0.4 is 10.6 Å². The van der Waals surface area contributed by atoms with Crippen molar-refractivity contribution in [2.24, 2.45) is 0 Å². The Morgan fingerprint density at radius 2 is 2.07 bits per heavy atom. The summed E-state index contributed by atoms with van der Waals surface area (Å²) in [6.07, 6.45) is 0. The van der Waals surface area contributed by atoms with Crippen molar-refractivity contribution >= 4 is 11.6 Å². The highest BCUT2D eigenvalue weighted by molar-refractivity contribution is 6.03. The van der Waals surface area contributed by atoms with Gasteiger partial charge in [-0.3, -0.25) is 4.79 Å². The number of anilines is 1. The molecule has 14 heavy (non-hydrogen) atoms. The van der Waals surface area contributed by atoms with Gasteiger partial charge in [-0.15, -0.1) is 0 Å². The molecule has 0 saturated heterocycles. The van der Waals surface area contributed by atoms with E-state index < -0.39 is 0 Å².